The summed E-state index contributed by atoms with van der Waals surface area (Å²) < 4.78 is 5.57. The SMILES string of the molecule is COC(=O)C(c1ccc(Br)c(Cl)c1)N(C)C.P. The van der Waals surface area contributed by atoms with Gasteiger partial charge in [0.25, 0.3) is 0 Å². The Morgan fingerprint density at radius 1 is 1.47 bits per heavy atom. The van der Waals surface area contributed by atoms with E-state index in [2.05, 4.69) is 15.9 Å². The summed E-state index contributed by atoms with van der Waals surface area (Å²) in [5.74, 6) is -0.302. The maximum absolute atomic E-state index is 11.6. The molecule has 0 spiro atoms. The zero-order valence-corrected chi connectivity index (χ0v) is 13.8. The van der Waals surface area contributed by atoms with Gasteiger partial charge in [-0.1, -0.05) is 17.7 Å². The van der Waals surface area contributed by atoms with E-state index in [0.717, 1.165) is 10.0 Å². The van der Waals surface area contributed by atoms with E-state index in [4.69, 9.17) is 16.3 Å². The highest BCUT2D eigenvalue weighted by Gasteiger charge is 2.24. The lowest BCUT2D eigenvalue weighted by Crippen LogP contribution is -2.28. The van der Waals surface area contributed by atoms with E-state index in [1.54, 1.807) is 11.0 Å². The van der Waals surface area contributed by atoms with Gasteiger partial charge in [-0.2, -0.15) is 9.90 Å². The molecule has 0 fully saturated rings. The molecule has 2 unspecified atom stereocenters. The molecule has 0 N–H and O–H groups in total. The van der Waals surface area contributed by atoms with Gasteiger partial charge < -0.3 is 4.74 Å². The third-order valence-electron chi connectivity index (χ3n) is 2.20. The third kappa shape index (κ3) is 4.22. The fraction of sp³-hybridized carbons (Fsp3) is 0.364. The summed E-state index contributed by atoms with van der Waals surface area (Å²) in [5, 5.41) is 0.577. The molecule has 0 bridgehead atoms. The summed E-state index contributed by atoms with van der Waals surface area (Å²) in [6.45, 7) is 0. The molecule has 3 nitrogen and oxygen atoms in total. The van der Waals surface area contributed by atoms with Crippen LogP contribution >= 0.6 is 37.4 Å². The van der Waals surface area contributed by atoms with E-state index in [-0.39, 0.29) is 15.9 Å². The Hall–Kier alpha value is -0.150. The van der Waals surface area contributed by atoms with E-state index in [0.29, 0.717) is 5.02 Å². The minimum atomic E-state index is -0.435. The van der Waals surface area contributed by atoms with Crippen molar-refractivity contribution in [2.24, 2.45) is 0 Å². The predicted molar refractivity (Wildman–Crippen MR) is 78.7 cm³/mol. The van der Waals surface area contributed by atoms with Crippen molar-refractivity contribution in [3.8, 4) is 0 Å². The van der Waals surface area contributed by atoms with Gasteiger partial charge in [-0.05, 0) is 47.7 Å². The minimum Gasteiger partial charge on any atom is -0.468 e. The summed E-state index contributed by atoms with van der Waals surface area (Å²) in [7, 11) is 5.01. The molecule has 0 saturated carbocycles. The number of benzene rings is 1. The summed E-state index contributed by atoms with van der Waals surface area (Å²) in [4.78, 5) is 13.4. The first-order chi connectivity index (χ1) is 7.47. The van der Waals surface area contributed by atoms with Gasteiger partial charge in [0.1, 0.15) is 6.04 Å². The summed E-state index contributed by atoms with van der Waals surface area (Å²) in [5.41, 5.74) is 0.810. The van der Waals surface area contributed by atoms with Gasteiger partial charge >= 0.3 is 5.97 Å². The highest BCUT2D eigenvalue weighted by Crippen LogP contribution is 2.28. The first-order valence-electron chi connectivity index (χ1n) is 4.66. The number of carbonyl (C=O) groups is 1. The van der Waals surface area contributed by atoms with Crippen LogP contribution in [0.1, 0.15) is 11.6 Å². The van der Waals surface area contributed by atoms with Crippen LogP contribution in [0, 0.1) is 0 Å². The zero-order chi connectivity index (χ0) is 12.3. The van der Waals surface area contributed by atoms with Crippen molar-refractivity contribution in [3.63, 3.8) is 0 Å². The van der Waals surface area contributed by atoms with Crippen LogP contribution in [0.15, 0.2) is 22.7 Å². The molecule has 0 aromatic heterocycles. The fourth-order valence-electron chi connectivity index (χ4n) is 1.44. The molecule has 0 aliphatic carbocycles. The molecule has 2 atom stereocenters. The van der Waals surface area contributed by atoms with Crippen LogP contribution in [-0.2, 0) is 9.53 Å². The normalized spacial score (nSPS) is 11.9. The number of likely N-dealkylation sites (N-methyl/N-ethyl adjacent to an activating group) is 1. The molecular weight excluding hydrogens is 324 g/mol. The Balaban J connectivity index is 0.00000256. The Morgan fingerprint density at radius 2 is 2.06 bits per heavy atom. The molecule has 17 heavy (non-hydrogen) atoms. The molecule has 1 aromatic carbocycles. The maximum atomic E-state index is 11.6. The molecule has 96 valence electrons. The second-order valence-electron chi connectivity index (χ2n) is 3.56. The molecule has 0 radical (unpaired) electrons. The van der Waals surface area contributed by atoms with Gasteiger partial charge in [0.05, 0.1) is 12.1 Å². The summed E-state index contributed by atoms with van der Waals surface area (Å²) >= 11 is 9.30. The van der Waals surface area contributed by atoms with Crippen LogP contribution in [-0.4, -0.2) is 32.1 Å². The van der Waals surface area contributed by atoms with Gasteiger partial charge in [0.2, 0.25) is 0 Å². The average molecular weight is 341 g/mol. The van der Waals surface area contributed by atoms with E-state index in [1.807, 2.05) is 26.2 Å². The largest absolute Gasteiger partial charge is 0.468 e. The number of methoxy groups -OCH3 is 1. The van der Waals surface area contributed by atoms with Crippen molar-refractivity contribution in [1.29, 1.82) is 0 Å². The smallest absolute Gasteiger partial charge is 0.327 e. The second kappa shape index (κ2) is 7.32. The molecule has 1 aromatic rings. The quantitative estimate of drug-likeness (QED) is 0.626. The van der Waals surface area contributed by atoms with Crippen LogP contribution in [0.25, 0.3) is 0 Å². The number of hydrogen-bond donors (Lipinski definition) is 0. The zero-order valence-electron chi connectivity index (χ0n) is 10.0. The van der Waals surface area contributed by atoms with E-state index < -0.39 is 6.04 Å². The molecule has 0 amide bonds. The van der Waals surface area contributed by atoms with Crippen molar-refractivity contribution < 1.29 is 9.53 Å². The first-order valence-corrected chi connectivity index (χ1v) is 5.83. The monoisotopic (exact) mass is 339 g/mol. The van der Waals surface area contributed by atoms with Crippen LogP contribution < -0.4 is 0 Å². The van der Waals surface area contributed by atoms with E-state index in [9.17, 15) is 4.79 Å². The lowest BCUT2D eigenvalue weighted by Gasteiger charge is -2.22. The highest BCUT2D eigenvalue weighted by atomic mass is 79.9. The van der Waals surface area contributed by atoms with Crippen LogP contribution in [0.3, 0.4) is 0 Å². The Bertz CT molecular complexity index is 401. The molecule has 0 aliphatic heterocycles. The summed E-state index contributed by atoms with van der Waals surface area (Å²) in [6.07, 6.45) is 0. The number of ether oxygens (including phenoxy) is 1. The average Bonchev–Trinajstić information content (AvgIpc) is 2.22. The number of esters is 1. The molecule has 0 heterocycles. The van der Waals surface area contributed by atoms with Gasteiger partial charge in [-0.3, -0.25) is 4.90 Å². The Kier molecular flexibility index (Phi) is 7.26. The standard InChI is InChI=1S/C11H13BrClNO2.H3P/c1-14(2)10(11(15)16-3)7-4-5-8(12)9(13)6-7;/h4-6,10H,1-3H3;1H3. The van der Waals surface area contributed by atoms with E-state index in [1.165, 1.54) is 7.11 Å². The van der Waals surface area contributed by atoms with Gasteiger partial charge in [-0.25, -0.2) is 4.79 Å². The number of nitrogens with zero attached hydrogens (tertiary/aromatic N) is 1. The number of halogens is 2. The van der Waals surface area contributed by atoms with E-state index >= 15 is 0 Å². The van der Waals surface area contributed by atoms with Crippen molar-refractivity contribution in [1.82, 2.24) is 4.90 Å². The van der Waals surface area contributed by atoms with Crippen molar-refractivity contribution >= 4 is 43.4 Å². The van der Waals surface area contributed by atoms with Gasteiger partial charge in [0.15, 0.2) is 0 Å². The topological polar surface area (TPSA) is 29.5 Å². The third-order valence-corrected chi connectivity index (χ3v) is 3.43. The van der Waals surface area contributed by atoms with Crippen LogP contribution in [0.4, 0.5) is 0 Å². The highest BCUT2D eigenvalue weighted by molar-refractivity contribution is 9.10. The fourth-order valence-corrected chi connectivity index (χ4v) is 1.87. The molecule has 0 saturated heterocycles. The van der Waals surface area contributed by atoms with Crippen LogP contribution in [0.2, 0.25) is 5.02 Å². The van der Waals surface area contributed by atoms with Crippen molar-refractivity contribution in [2.45, 2.75) is 6.04 Å². The van der Waals surface area contributed by atoms with Crippen LogP contribution in [0.5, 0.6) is 0 Å². The molecular formula is C11H16BrClNO2P. The molecule has 6 heteroatoms. The number of carbonyl (C=O) groups excluding carboxylic acids is 1. The Morgan fingerprint density at radius 3 is 2.47 bits per heavy atom. The Labute approximate surface area is 118 Å². The van der Waals surface area contributed by atoms with Gasteiger partial charge in [-0.15, -0.1) is 0 Å². The molecule has 0 aliphatic rings. The van der Waals surface area contributed by atoms with Crippen molar-refractivity contribution in [3.05, 3.63) is 33.3 Å². The minimum absolute atomic E-state index is 0. The lowest BCUT2D eigenvalue weighted by molar-refractivity contribution is -0.146. The number of rotatable bonds is 3. The second-order valence-corrected chi connectivity index (χ2v) is 4.82. The predicted octanol–water partition coefficient (Wildman–Crippen LogP) is 2.94. The maximum Gasteiger partial charge on any atom is 0.327 e. The van der Waals surface area contributed by atoms with Gasteiger partial charge in [0, 0.05) is 4.47 Å². The summed E-state index contributed by atoms with van der Waals surface area (Å²) in [6, 6.07) is 4.98. The number of hydrogen-bond acceptors (Lipinski definition) is 3. The molecule has 1 rings (SSSR count). The van der Waals surface area contributed by atoms with Crippen molar-refractivity contribution in [2.75, 3.05) is 21.2 Å². The lowest BCUT2D eigenvalue weighted by atomic mass is 10.1. The first kappa shape index (κ1) is 16.9.